The lowest BCUT2D eigenvalue weighted by molar-refractivity contribution is 0.0964. The molecule has 3 heterocycles. The quantitative estimate of drug-likeness (QED) is 0.263. The molecule has 0 saturated heterocycles. The molecule has 0 unspecified atom stereocenters. The number of fused-ring (bicyclic) bond motifs is 2. The monoisotopic (exact) mass is 582 g/mol. The molecule has 0 aliphatic heterocycles. The van der Waals surface area contributed by atoms with Crippen LogP contribution in [0.15, 0.2) is 82.1 Å². The first kappa shape index (κ1) is 27.7. The first-order valence-electron chi connectivity index (χ1n) is 13.1. The number of rotatable bonds is 7. The maximum absolute atomic E-state index is 13.7. The number of nitrogens with one attached hydrogen (secondary N) is 1. The number of halogens is 2. The van der Waals surface area contributed by atoms with Crippen molar-refractivity contribution in [2.75, 3.05) is 26.3 Å². The zero-order valence-corrected chi connectivity index (χ0v) is 23.3. The molecule has 12 heteroatoms. The first-order valence-corrected chi connectivity index (χ1v) is 13.1. The summed E-state index contributed by atoms with van der Waals surface area (Å²) in [5, 5.41) is 13.2. The molecule has 0 fully saturated rings. The molecule has 1 N–H and O–H groups in total. The zero-order valence-electron chi connectivity index (χ0n) is 23.3. The van der Waals surface area contributed by atoms with Gasteiger partial charge in [-0.15, -0.1) is 5.10 Å². The molecule has 3 aromatic carbocycles. The summed E-state index contributed by atoms with van der Waals surface area (Å²) >= 11 is 0. The Morgan fingerprint density at radius 2 is 1.74 bits per heavy atom. The van der Waals surface area contributed by atoms with E-state index in [2.05, 4.69) is 20.6 Å². The number of carbonyl (C=O) groups excluding carboxylic acids is 1. The third-order valence-corrected chi connectivity index (χ3v) is 7.11. The molecule has 6 rings (SSSR count). The van der Waals surface area contributed by atoms with Crippen molar-refractivity contribution in [1.82, 2.24) is 25.3 Å². The molecule has 0 spiro atoms. The van der Waals surface area contributed by atoms with Gasteiger partial charge in [0, 0.05) is 36.7 Å². The van der Waals surface area contributed by atoms with E-state index in [0.29, 0.717) is 49.9 Å². The third-order valence-electron chi connectivity index (χ3n) is 7.11. The number of hydrogen-bond acceptors (Lipinski definition) is 8. The van der Waals surface area contributed by atoms with E-state index >= 15 is 0 Å². The highest BCUT2D eigenvalue weighted by molar-refractivity contribution is 6.13. The number of hydrogen-bond donors (Lipinski definition) is 1. The minimum atomic E-state index is -0.485. The van der Waals surface area contributed by atoms with Gasteiger partial charge in [-0.25, -0.2) is 13.5 Å². The van der Waals surface area contributed by atoms with Crippen LogP contribution in [0.1, 0.15) is 16.1 Å². The Bertz CT molecular complexity index is 2060. The van der Waals surface area contributed by atoms with E-state index < -0.39 is 17.2 Å². The van der Waals surface area contributed by atoms with Crippen LogP contribution in [0.3, 0.4) is 0 Å². The van der Waals surface area contributed by atoms with Crippen LogP contribution in [0.5, 0.6) is 0 Å². The van der Waals surface area contributed by atoms with E-state index in [-0.39, 0.29) is 23.8 Å². The number of anilines is 1. The van der Waals surface area contributed by atoms with E-state index in [0.717, 1.165) is 10.9 Å². The highest BCUT2D eigenvalue weighted by atomic mass is 19.1. The van der Waals surface area contributed by atoms with Crippen molar-refractivity contribution < 1.29 is 22.8 Å². The van der Waals surface area contributed by atoms with Crippen LogP contribution in [0.25, 0.3) is 44.3 Å². The zero-order chi connectivity index (χ0) is 30.2. The molecule has 3 aromatic heterocycles. The molecule has 0 radical (unpaired) electrons. The van der Waals surface area contributed by atoms with Crippen LogP contribution in [-0.4, -0.2) is 47.1 Å². The second-order valence-electron chi connectivity index (χ2n) is 9.69. The average molecular weight is 583 g/mol. The Morgan fingerprint density at radius 3 is 2.44 bits per heavy atom. The lowest BCUT2D eigenvalue weighted by Gasteiger charge is -2.20. The summed E-state index contributed by atoms with van der Waals surface area (Å²) in [6.45, 7) is 0.00652. The topological polar surface area (TPSA) is 115 Å². The molecule has 0 aliphatic rings. The summed E-state index contributed by atoms with van der Waals surface area (Å²) in [5.74, 6) is -1.01. The van der Waals surface area contributed by atoms with Gasteiger partial charge in [0.1, 0.15) is 28.5 Å². The average Bonchev–Trinajstić information content (AvgIpc) is 3.40. The predicted molar refractivity (Wildman–Crippen MR) is 156 cm³/mol. The second kappa shape index (κ2) is 11.1. The number of pyridine rings is 1. The number of hydroxylamine groups is 1. The number of furan rings is 1. The van der Waals surface area contributed by atoms with Crippen molar-refractivity contribution in [3.63, 3.8) is 0 Å². The molecular weight excluding hydrogens is 558 g/mol. The number of nitrogens with zero attached hydrogens (tertiary/aromatic N) is 5. The normalized spacial score (nSPS) is 11.3. The van der Waals surface area contributed by atoms with Crippen LogP contribution >= 0.6 is 0 Å². The van der Waals surface area contributed by atoms with E-state index in [1.807, 2.05) is 0 Å². The van der Waals surface area contributed by atoms with Crippen molar-refractivity contribution >= 4 is 33.5 Å². The van der Waals surface area contributed by atoms with Crippen molar-refractivity contribution in [2.45, 2.75) is 6.54 Å². The molecule has 0 aliphatic carbocycles. The highest BCUT2D eigenvalue weighted by Crippen LogP contribution is 2.41. The van der Waals surface area contributed by atoms with Crippen molar-refractivity contribution in [3.8, 4) is 22.5 Å². The van der Waals surface area contributed by atoms with Crippen LogP contribution in [0.4, 0.5) is 14.5 Å². The van der Waals surface area contributed by atoms with Gasteiger partial charge in [0.05, 0.1) is 42.2 Å². The summed E-state index contributed by atoms with van der Waals surface area (Å²) in [6.07, 6.45) is 1.07. The van der Waals surface area contributed by atoms with E-state index in [1.54, 1.807) is 49.5 Å². The summed E-state index contributed by atoms with van der Waals surface area (Å²) in [6, 6.07) is 17.1. The number of carbonyl (C=O) groups is 1. The maximum Gasteiger partial charge on any atom is 0.277 e. The fraction of sp³-hybridized carbons (Fsp3) is 0.129. The van der Waals surface area contributed by atoms with Gasteiger partial charge >= 0.3 is 0 Å². The molecular formula is C31H24F2N6O4. The molecule has 0 atom stereocenters. The second-order valence-corrected chi connectivity index (χ2v) is 9.69. The third kappa shape index (κ3) is 5.08. The fourth-order valence-electron chi connectivity index (χ4n) is 4.88. The summed E-state index contributed by atoms with van der Waals surface area (Å²) in [7, 11) is 4.73. The minimum Gasteiger partial charge on any atom is -0.455 e. The smallest absolute Gasteiger partial charge is 0.277 e. The lowest BCUT2D eigenvalue weighted by Crippen LogP contribution is -2.25. The van der Waals surface area contributed by atoms with E-state index in [9.17, 15) is 18.4 Å². The van der Waals surface area contributed by atoms with E-state index in [1.165, 1.54) is 43.5 Å². The molecule has 43 heavy (non-hydrogen) atoms. The van der Waals surface area contributed by atoms with Gasteiger partial charge < -0.3 is 9.73 Å². The Kier molecular flexibility index (Phi) is 7.12. The van der Waals surface area contributed by atoms with Crippen LogP contribution in [0, 0.1) is 11.6 Å². The molecule has 216 valence electrons. The SMILES string of the molecule is CNC(=O)c1c(-c2ccc(F)cc2)oc2cc(N(C)OC)c(-c3ccc4nnn(Cc5ccc(F)cn5)c(=O)c4c3)cc12. The van der Waals surface area contributed by atoms with Gasteiger partial charge in [-0.1, -0.05) is 11.3 Å². The number of aromatic nitrogens is 4. The Balaban J connectivity index is 1.54. The van der Waals surface area contributed by atoms with Crippen LogP contribution in [-0.2, 0) is 11.4 Å². The molecule has 1 amide bonds. The van der Waals surface area contributed by atoms with Gasteiger partial charge in [-0.05, 0) is 60.2 Å². The highest BCUT2D eigenvalue weighted by Gasteiger charge is 2.24. The maximum atomic E-state index is 13.7. The number of benzene rings is 3. The summed E-state index contributed by atoms with van der Waals surface area (Å²) < 4.78 is 34.3. The Hall–Kier alpha value is -5.49. The molecule has 10 nitrogen and oxygen atoms in total. The number of amides is 1. The van der Waals surface area contributed by atoms with Crippen molar-refractivity contribution in [3.05, 3.63) is 106 Å². The first-order chi connectivity index (χ1) is 20.8. The lowest BCUT2D eigenvalue weighted by atomic mass is 9.97. The van der Waals surface area contributed by atoms with Gasteiger partial charge in [0.15, 0.2) is 0 Å². The van der Waals surface area contributed by atoms with Gasteiger partial charge in [0.2, 0.25) is 0 Å². The largest absolute Gasteiger partial charge is 0.455 e. The van der Waals surface area contributed by atoms with E-state index in [4.69, 9.17) is 9.25 Å². The Morgan fingerprint density at radius 1 is 1.00 bits per heavy atom. The van der Waals surface area contributed by atoms with Crippen LogP contribution < -0.4 is 15.9 Å². The van der Waals surface area contributed by atoms with Crippen LogP contribution in [0.2, 0.25) is 0 Å². The molecule has 0 saturated carbocycles. The minimum absolute atomic E-state index is 0.00652. The van der Waals surface area contributed by atoms with Gasteiger partial charge in [-0.2, -0.15) is 0 Å². The van der Waals surface area contributed by atoms with Gasteiger partial charge in [-0.3, -0.25) is 24.5 Å². The predicted octanol–water partition coefficient (Wildman–Crippen LogP) is 4.95. The van der Waals surface area contributed by atoms with Gasteiger partial charge in [0.25, 0.3) is 11.5 Å². The molecule has 6 aromatic rings. The fourth-order valence-corrected chi connectivity index (χ4v) is 4.88. The Labute approximate surface area is 243 Å². The molecule has 0 bridgehead atoms. The summed E-state index contributed by atoms with van der Waals surface area (Å²) in [4.78, 5) is 36.1. The van der Waals surface area contributed by atoms with Crippen molar-refractivity contribution in [1.29, 1.82) is 0 Å². The standard InChI is InChI=1S/C31H24F2N6O4/c1-34-30(40)28-24-13-22(26(38(2)42-3)14-27(24)43-29(28)17-4-7-19(32)8-5-17)18-6-11-25-23(12-18)31(41)39(37-36-25)16-21-10-9-20(33)15-35-21/h4-15H,16H2,1-3H3,(H,34,40). The van der Waals surface area contributed by atoms with Crippen molar-refractivity contribution in [2.24, 2.45) is 0 Å². The summed E-state index contributed by atoms with van der Waals surface area (Å²) in [5.41, 5.74) is 3.49.